The average molecular weight is 145 g/mol. The molecule has 0 fully saturated rings. The zero-order valence-electron chi connectivity index (χ0n) is 5.03. The van der Waals surface area contributed by atoms with E-state index in [0.29, 0.717) is 11.8 Å². The third kappa shape index (κ3) is 1.40. The Morgan fingerprint density at radius 1 is 1.89 bits per heavy atom. The minimum Gasteiger partial charge on any atom is -0.465 e. The van der Waals surface area contributed by atoms with Crippen molar-refractivity contribution in [2.75, 3.05) is 13.7 Å². The summed E-state index contributed by atoms with van der Waals surface area (Å²) < 4.78 is 4.93. The van der Waals surface area contributed by atoms with Crippen molar-refractivity contribution < 1.29 is 9.57 Å². The Balaban J connectivity index is 2.57. The summed E-state index contributed by atoms with van der Waals surface area (Å²) in [4.78, 5) is 4.78. The lowest BCUT2D eigenvalue weighted by Crippen LogP contribution is -2.28. The van der Waals surface area contributed by atoms with Crippen LogP contribution in [0.4, 0.5) is 0 Å². The summed E-state index contributed by atoms with van der Waals surface area (Å²) in [6, 6.07) is 0. The van der Waals surface area contributed by atoms with Crippen LogP contribution < -0.4 is 0 Å². The molecule has 0 aliphatic carbocycles. The normalized spacial score (nSPS) is 17.9. The van der Waals surface area contributed by atoms with Gasteiger partial charge in [-0.3, -0.25) is 4.84 Å². The molecule has 1 heterocycles. The van der Waals surface area contributed by atoms with Gasteiger partial charge in [0.15, 0.2) is 0 Å². The van der Waals surface area contributed by atoms with Gasteiger partial charge in [0.2, 0.25) is 0 Å². The van der Waals surface area contributed by atoms with Crippen molar-refractivity contribution in [2.24, 2.45) is 0 Å². The van der Waals surface area contributed by atoms with Crippen LogP contribution in [-0.4, -0.2) is 24.0 Å². The van der Waals surface area contributed by atoms with E-state index < -0.39 is 0 Å². The number of hydrogen-bond acceptors (Lipinski definition) is 3. The molecular formula is C5H7NO2S. The first kappa shape index (κ1) is 6.51. The molecule has 0 saturated carbocycles. The lowest BCUT2D eigenvalue weighted by atomic mass is 10.6. The van der Waals surface area contributed by atoms with Crippen molar-refractivity contribution in [1.29, 1.82) is 0 Å². The molecule has 0 aromatic rings. The van der Waals surface area contributed by atoms with Crippen LogP contribution in [0.15, 0.2) is 12.3 Å². The van der Waals surface area contributed by atoms with E-state index in [1.54, 1.807) is 6.20 Å². The monoisotopic (exact) mass is 145 g/mol. The first-order valence-corrected chi connectivity index (χ1v) is 2.92. The summed E-state index contributed by atoms with van der Waals surface area (Å²) in [7, 11) is 1.53. The Kier molecular flexibility index (Phi) is 2.02. The fourth-order valence-electron chi connectivity index (χ4n) is 0.518. The Hall–Kier alpha value is -0.610. The predicted octanol–water partition coefficient (Wildman–Crippen LogP) is 0.679. The molecule has 1 aliphatic heterocycles. The van der Waals surface area contributed by atoms with Crippen molar-refractivity contribution in [3.8, 4) is 0 Å². The average Bonchev–Trinajstić information content (AvgIpc) is 1.89. The number of nitrogens with zero attached hydrogens (tertiary/aromatic N) is 1. The lowest BCUT2D eigenvalue weighted by Gasteiger charge is -2.20. The van der Waals surface area contributed by atoms with Gasteiger partial charge in [-0.15, -0.1) is 0 Å². The van der Waals surface area contributed by atoms with Crippen molar-refractivity contribution in [3.05, 3.63) is 12.3 Å². The van der Waals surface area contributed by atoms with Crippen LogP contribution in [0.1, 0.15) is 0 Å². The highest BCUT2D eigenvalue weighted by molar-refractivity contribution is 7.80. The lowest BCUT2D eigenvalue weighted by molar-refractivity contribution is -0.0441. The second-order valence-corrected chi connectivity index (χ2v) is 1.82. The van der Waals surface area contributed by atoms with E-state index in [0.717, 1.165) is 0 Å². The molecule has 3 nitrogen and oxygen atoms in total. The van der Waals surface area contributed by atoms with E-state index in [-0.39, 0.29) is 0 Å². The number of hydroxylamine groups is 2. The van der Waals surface area contributed by atoms with E-state index >= 15 is 0 Å². The Bertz CT molecular complexity index is 146. The summed E-state index contributed by atoms with van der Waals surface area (Å²) in [6.07, 6.45) is 3.55. The Labute approximate surface area is 58.8 Å². The molecule has 0 saturated heterocycles. The minimum absolute atomic E-state index is 0.361. The van der Waals surface area contributed by atoms with Crippen LogP contribution in [-0.2, 0) is 9.57 Å². The number of thiocarbonyl (C=S) groups is 1. The second kappa shape index (κ2) is 2.80. The third-order valence-corrected chi connectivity index (χ3v) is 1.22. The first-order valence-electron chi connectivity index (χ1n) is 2.51. The highest BCUT2D eigenvalue weighted by atomic mass is 32.1. The van der Waals surface area contributed by atoms with Gasteiger partial charge in [0, 0.05) is 6.20 Å². The SMILES string of the molecule is CON1C=CCOC1=S. The smallest absolute Gasteiger partial charge is 0.288 e. The molecule has 0 N–H and O–H groups in total. The van der Waals surface area contributed by atoms with Crippen molar-refractivity contribution >= 4 is 17.4 Å². The molecular weight excluding hydrogens is 138 g/mol. The maximum absolute atomic E-state index is 4.93. The largest absolute Gasteiger partial charge is 0.465 e. The molecule has 0 amide bonds. The van der Waals surface area contributed by atoms with Crippen molar-refractivity contribution in [2.45, 2.75) is 0 Å². The zero-order valence-corrected chi connectivity index (χ0v) is 5.85. The van der Waals surface area contributed by atoms with Crippen LogP contribution >= 0.6 is 12.2 Å². The van der Waals surface area contributed by atoms with Crippen molar-refractivity contribution in [1.82, 2.24) is 5.06 Å². The summed E-state index contributed by atoms with van der Waals surface area (Å²) in [5.41, 5.74) is 0. The highest BCUT2D eigenvalue weighted by Gasteiger charge is 2.08. The number of rotatable bonds is 1. The zero-order chi connectivity index (χ0) is 6.69. The van der Waals surface area contributed by atoms with Crippen molar-refractivity contribution in [3.63, 3.8) is 0 Å². The molecule has 0 atom stereocenters. The molecule has 0 aromatic heterocycles. The fraction of sp³-hybridized carbons (Fsp3) is 0.400. The van der Waals surface area contributed by atoms with Crippen LogP contribution in [0.2, 0.25) is 0 Å². The first-order chi connectivity index (χ1) is 4.34. The van der Waals surface area contributed by atoms with Crippen LogP contribution in [0.3, 0.4) is 0 Å². The molecule has 0 radical (unpaired) electrons. The van der Waals surface area contributed by atoms with Crippen LogP contribution in [0, 0.1) is 0 Å². The van der Waals surface area contributed by atoms with Gasteiger partial charge in [-0.2, -0.15) is 5.06 Å². The molecule has 0 unspecified atom stereocenters. The van der Waals surface area contributed by atoms with Gasteiger partial charge in [0.25, 0.3) is 5.17 Å². The predicted molar refractivity (Wildman–Crippen MR) is 36.5 cm³/mol. The van der Waals surface area contributed by atoms with Gasteiger partial charge in [0.1, 0.15) is 6.61 Å². The topological polar surface area (TPSA) is 21.7 Å². The number of hydrogen-bond donors (Lipinski definition) is 0. The van der Waals surface area contributed by atoms with Gasteiger partial charge in [-0.25, -0.2) is 0 Å². The van der Waals surface area contributed by atoms with Gasteiger partial charge in [-0.1, -0.05) is 0 Å². The van der Waals surface area contributed by atoms with E-state index in [1.807, 2.05) is 6.08 Å². The van der Waals surface area contributed by atoms with E-state index in [2.05, 4.69) is 0 Å². The summed E-state index contributed by atoms with van der Waals surface area (Å²) in [6.45, 7) is 0.540. The summed E-state index contributed by atoms with van der Waals surface area (Å²) >= 11 is 4.75. The molecule has 0 aromatic carbocycles. The van der Waals surface area contributed by atoms with Gasteiger partial charge < -0.3 is 4.74 Å². The van der Waals surface area contributed by atoms with E-state index in [4.69, 9.17) is 21.8 Å². The second-order valence-electron chi connectivity index (χ2n) is 1.47. The number of ether oxygens (including phenoxy) is 1. The van der Waals surface area contributed by atoms with Crippen LogP contribution in [0.5, 0.6) is 0 Å². The maximum Gasteiger partial charge on any atom is 0.288 e. The standard InChI is InChI=1S/C5H7NO2S/c1-7-6-3-2-4-8-5(6)9/h2-3H,4H2,1H3. The summed E-state index contributed by atoms with van der Waals surface area (Å²) in [5.74, 6) is 0. The summed E-state index contributed by atoms with van der Waals surface area (Å²) in [5, 5.41) is 1.75. The quantitative estimate of drug-likeness (QED) is 0.506. The molecule has 1 aliphatic rings. The van der Waals surface area contributed by atoms with E-state index in [1.165, 1.54) is 12.2 Å². The molecule has 4 heteroatoms. The minimum atomic E-state index is 0.361. The van der Waals surface area contributed by atoms with Gasteiger partial charge >= 0.3 is 0 Å². The van der Waals surface area contributed by atoms with Crippen LogP contribution in [0.25, 0.3) is 0 Å². The molecule has 0 spiro atoms. The molecule has 50 valence electrons. The van der Waals surface area contributed by atoms with Gasteiger partial charge in [0.05, 0.1) is 7.11 Å². The third-order valence-electron chi connectivity index (χ3n) is 0.920. The fourth-order valence-corrected chi connectivity index (χ4v) is 0.721. The maximum atomic E-state index is 4.93. The van der Waals surface area contributed by atoms with Gasteiger partial charge in [-0.05, 0) is 18.3 Å². The molecule has 9 heavy (non-hydrogen) atoms. The van der Waals surface area contributed by atoms with E-state index in [9.17, 15) is 0 Å². The molecule has 1 rings (SSSR count). The highest BCUT2D eigenvalue weighted by Crippen LogP contribution is 2.01. The molecule has 0 bridgehead atoms. The Morgan fingerprint density at radius 3 is 3.11 bits per heavy atom. The Morgan fingerprint density at radius 2 is 2.67 bits per heavy atom.